The van der Waals surface area contributed by atoms with E-state index in [1.807, 2.05) is 12.1 Å². The van der Waals surface area contributed by atoms with E-state index in [4.69, 9.17) is 5.73 Å². The number of nitrogen functional groups attached to an aromatic ring is 1. The number of quaternary nitrogens is 1. The first-order valence-corrected chi connectivity index (χ1v) is 11.2. The van der Waals surface area contributed by atoms with E-state index in [1.54, 1.807) is 36.4 Å². The topological polar surface area (TPSA) is 63.4 Å². The normalized spacial score (nSPS) is 21.7. The molecular weight excluding hydrogens is 358 g/mol. The van der Waals surface area contributed by atoms with Crippen molar-refractivity contribution in [3.63, 3.8) is 0 Å². The fourth-order valence-corrected chi connectivity index (χ4v) is 5.41. The zero-order valence-corrected chi connectivity index (χ0v) is 17.1. The SMILES string of the molecule is CCN1CCC[N+](CC)(c2ccc(S(=O)(=O)c3ccccc3)c(N)c2)CC1. The Kier molecular flexibility index (Phi) is 5.89. The molecule has 0 radical (unpaired) electrons. The summed E-state index contributed by atoms with van der Waals surface area (Å²) in [5, 5.41) is 0. The monoisotopic (exact) mass is 388 g/mol. The minimum Gasteiger partial charge on any atom is -0.397 e. The third kappa shape index (κ3) is 3.88. The molecule has 2 aromatic rings. The Hall–Kier alpha value is -1.89. The second-order valence-electron chi connectivity index (χ2n) is 7.24. The predicted molar refractivity (Wildman–Crippen MR) is 112 cm³/mol. The number of hydrogen-bond acceptors (Lipinski definition) is 4. The molecule has 1 heterocycles. The van der Waals surface area contributed by atoms with Crippen molar-refractivity contribution in [2.75, 3.05) is 45.0 Å². The molecule has 0 amide bonds. The van der Waals surface area contributed by atoms with Crippen LogP contribution >= 0.6 is 0 Å². The predicted octanol–water partition coefficient (Wildman–Crippen LogP) is 3.15. The average Bonchev–Trinajstić information content (AvgIpc) is 2.91. The number of nitrogens with zero attached hydrogens (tertiary/aromatic N) is 2. The van der Waals surface area contributed by atoms with Gasteiger partial charge in [0.2, 0.25) is 9.84 Å². The van der Waals surface area contributed by atoms with E-state index < -0.39 is 9.84 Å². The van der Waals surface area contributed by atoms with Crippen molar-refractivity contribution in [3.8, 4) is 0 Å². The Bertz CT molecular complexity index is 884. The quantitative estimate of drug-likeness (QED) is 0.631. The molecule has 27 heavy (non-hydrogen) atoms. The van der Waals surface area contributed by atoms with Gasteiger partial charge in [-0.2, -0.15) is 0 Å². The van der Waals surface area contributed by atoms with Crippen LogP contribution in [0.5, 0.6) is 0 Å². The molecular formula is C21H30N3O2S+. The van der Waals surface area contributed by atoms with E-state index in [2.05, 4.69) is 18.7 Å². The first-order valence-electron chi connectivity index (χ1n) is 9.71. The molecule has 1 aliphatic rings. The molecule has 1 unspecified atom stereocenters. The molecule has 1 aliphatic heterocycles. The van der Waals surface area contributed by atoms with Crippen LogP contribution in [-0.2, 0) is 9.84 Å². The van der Waals surface area contributed by atoms with E-state index in [0.717, 1.165) is 55.9 Å². The fourth-order valence-electron chi connectivity index (χ4n) is 4.03. The van der Waals surface area contributed by atoms with Crippen molar-refractivity contribution in [1.82, 2.24) is 9.38 Å². The van der Waals surface area contributed by atoms with Crippen LogP contribution in [0.2, 0.25) is 0 Å². The first kappa shape index (κ1) is 19.9. The van der Waals surface area contributed by atoms with Crippen LogP contribution in [0, 0.1) is 0 Å². The average molecular weight is 389 g/mol. The third-order valence-electron chi connectivity index (χ3n) is 5.84. The highest BCUT2D eigenvalue weighted by atomic mass is 32.2. The summed E-state index contributed by atoms with van der Waals surface area (Å²) in [5.74, 6) is 0. The number of rotatable bonds is 5. The van der Waals surface area contributed by atoms with Crippen LogP contribution in [0.1, 0.15) is 20.3 Å². The maximum Gasteiger partial charge on any atom is 0.208 e. The fraction of sp³-hybridized carbons (Fsp3) is 0.429. The lowest BCUT2D eigenvalue weighted by Gasteiger charge is -2.36. The smallest absolute Gasteiger partial charge is 0.208 e. The molecule has 1 saturated heterocycles. The second kappa shape index (κ2) is 8.00. The largest absolute Gasteiger partial charge is 0.397 e. The van der Waals surface area contributed by atoms with Gasteiger partial charge in [-0.25, -0.2) is 8.42 Å². The summed E-state index contributed by atoms with van der Waals surface area (Å²) in [6, 6.07) is 14.0. The lowest BCUT2D eigenvalue weighted by atomic mass is 10.2. The lowest BCUT2D eigenvalue weighted by molar-refractivity contribution is 0.270. The van der Waals surface area contributed by atoms with Crippen molar-refractivity contribution >= 4 is 21.2 Å². The van der Waals surface area contributed by atoms with Crippen LogP contribution < -0.4 is 10.2 Å². The van der Waals surface area contributed by atoms with Crippen molar-refractivity contribution in [1.29, 1.82) is 0 Å². The van der Waals surface area contributed by atoms with E-state index in [1.165, 1.54) is 0 Å². The third-order valence-corrected chi connectivity index (χ3v) is 7.68. The van der Waals surface area contributed by atoms with Gasteiger partial charge >= 0.3 is 0 Å². The second-order valence-corrected chi connectivity index (χ2v) is 9.15. The lowest BCUT2D eigenvalue weighted by Crippen LogP contribution is -2.51. The van der Waals surface area contributed by atoms with Crippen molar-refractivity contribution in [3.05, 3.63) is 48.5 Å². The molecule has 0 aliphatic carbocycles. The van der Waals surface area contributed by atoms with Gasteiger partial charge in [-0.3, -0.25) is 9.38 Å². The summed E-state index contributed by atoms with van der Waals surface area (Å²) in [4.78, 5) is 2.95. The van der Waals surface area contributed by atoms with Gasteiger partial charge in [0.05, 0.1) is 35.1 Å². The highest BCUT2D eigenvalue weighted by Crippen LogP contribution is 2.33. The maximum atomic E-state index is 12.9. The first-order chi connectivity index (χ1) is 12.9. The van der Waals surface area contributed by atoms with Gasteiger partial charge in [-0.05, 0) is 31.7 Å². The van der Waals surface area contributed by atoms with Gasteiger partial charge in [0.25, 0.3) is 0 Å². The summed E-state index contributed by atoms with van der Waals surface area (Å²) >= 11 is 0. The van der Waals surface area contributed by atoms with E-state index in [0.29, 0.717) is 5.69 Å². The zero-order valence-electron chi connectivity index (χ0n) is 16.3. The van der Waals surface area contributed by atoms with Gasteiger partial charge in [-0.1, -0.05) is 25.1 Å². The van der Waals surface area contributed by atoms with Gasteiger partial charge in [0.15, 0.2) is 0 Å². The molecule has 2 aromatic carbocycles. The Morgan fingerprint density at radius 1 is 1.04 bits per heavy atom. The van der Waals surface area contributed by atoms with E-state index in [-0.39, 0.29) is 9.79 Å². The Morgan fingerprint density at radius 3 is 2.41 bits per heavy atom. The maximum absolute atomic E-state index is 12.9. The zero-order chi connectivity index (χ0) is 19.5. The standard InChI is InChI=1S/C21H30N3O2S/c1-3-23-13-8-15-24(4-2,16-14-23)18-11-12-21(20(22)17-18)27(25,26)19-9-6-5-7-10-19/h5-7,9-12,17H,3-4,8,13-16,22H2,1-2H3/q+1. The molecule has 1 fully saturated rings. The number of anilines is 1. The number of nitrogens with two attached hydrogens (primary N) is 1. The molecule has 0 aromatic heterocycles. The van der Waals surface area contributed by atoms with Crippen molar-refractivity contribution < 1.29 is 8.42 Å². The minimum absolute atomic E-state index is 0.191. The molecule has 0 spiro atoms. The summed E-state index contributed by atoms with van der Waals surface area (Å²) in [6.07, 6.45) is 1.13. The highest BCUT2D eigenvalue weighted by Gasteiger charge is 2.32. The highest BCUT2D eigenvalue weighted by molar-refractivity contribution is 7.91. The molecule has 3 rings (SSSR count). The molecule has 2 N–H and O–H groups in total. The number of hydrogen-bond donors (Lipinski definition) is 1. The van der Waals surface area contributed by atoms with E-state index >= 15 is 0 Å². The summed E-state index contributed by atoms with van der Waals surface area (Å²) in [7, 11) is -3.60. The molecule has 0 bridgehead atoms. The summed E-state index contributed by atoms with van der Waals surface area (Å²) in [6.45, 7) is 10.7. The van der Waals surface area contributed by atoms with E-state index in [9.17, 15) is 8.42 Å². The molecule has 1 atom stereocenters. The van der Waals surface area contributed by atoms with Crippen LogP contribution in [-0.4, -0.2) is 52.6 Å². The van der Waals surface area contributed by atoms with Crippen molar-refractivity contribution in [2.24, 2.45) is 0 Å². The molecule has 5 nitrogen and oxygen atoms in total. The van der Waals surface area contributed by atoms with Gasteiger partial charge < -0.3 is 5.73 Å². The Labute approximate surface area is 162 Å². The number of sulfone groups is 1. The molecule has 0 saturated carbocycles. The summed E-state index contributed by atoms with van der Waals surface area (Å²) in [5.41, 5.74) is 7.70. The molecule has 146 valence electrons. The van der Waals surface area contributed by atoms with Crippen LogP contribution in [0.15, 0.2) is 58.3 Å². The molecule has 6 heteroatoms. The Balaban J connectivity index is 1.96. The van der Waals surface area contributed by atoms with Gasteiger partial charge in [0, 0.05) is 31.6 Å². The van der Waals surface area contributed by atoms with Gasteiger partial charge in [0.1, 0.15) is 5.69 Å². The Morgan fingerprint density at radius 2 is 1.78 bits per heavy atom. The number of likely N-dealkylation sites (N-methyl/N-ethyl adjacent to an activating group) is 2. The minimum atomic E-state index is -3.60. The van der Waals surface area contributed by atoms with Crippen LogP contribution in [0.25, 0.3) is 0 Å². The van der Waals surface area contributed by atoms with Crippen LogP contribution in [0.4, 0.5) is 11.4 Å². The summed E-state index contributed by atoms with van der Waals surface area (Å²) < 4.78 is 26.7. The van der Waals surface area contributed by atoms with Crippen molar-refractivity contribution in [2.45, 2.75) is 30.1 Å². The van der Waals surface area contributed by atoms with Crippen LogP contribution in [0.3, 0.4) is 0 Å². The van der Waals surface area contributed by atoms with Gasteiger partial charge in [-0.15, -0.1) is 0 Å². The number of benzene rings is 2.